The number of hydrogen-bond acceptors (Lipinski definition) is 5. The smallest absolute Gasteiger partial charge is 0.435 e. The van der Waals surface area contributed by atoms with Gasteiger partial charge in [-0.3, -0.25) is 14.4 Å². The van der Waals surface area contributed by atoms with Crippen LogP contribution in [-0.2, 0) is 12.6 Å². The number of fused-ring (bicyclic) bond motifs is 1. The fourth-order valence-electron chi connectivity index (χ4n) is 5.82. The zero-order valence-electron chi connectivity index (χ0n) is 24.8. The lowest BCUT2D eigenvalue weighted by atomic mass is 9.84. The summed E-state index contributed by atoms with van der Waals surface area (Å²) in [6.07, 6.45) is -3.19. The summed E-state index contributed by atoms with van der Waals surface area (Å²) in [6, 6.07) is 10.8. The van der Waals surface area contributed by atoms with Crippen LogP contribution in [0, 0.1) is 5.41 Å². The molecule has 43 heavy (non-hydrogen) atoms. The second kappa shape index (κ2) is 11.1. The topological polar surface area (TPSA) is 88.0 Å². The molecule has 0 saturated carbocycles. The van der Waals surface area contributed by atoms with Gasteiger partial charge >= 0.3 is 6.18 Å². The van der Waals surface area contributed by atoms with Crippen molar-refractivity contribution in [1.29, 1.82) is 0 Å². The molecule has 2 aliphatic heterocycles. The number of likely N-dealkylation sites (tertiary alicyclic amines) is 1. The summed E-state index contributed by atoms with van der Waals surface area (Å²) in [5.41, 5.74) is -0.776. The van der Waals surface area contributed by atoms with Crippen molar-refractivity contribution in [3.63, 3.8) is 0 Å². The van der Waals surface area contributed by atoms with Crippen molar-refractivity contribution in [3.8, 4) is 11.4 Å². The van der Waals surface area contributed by atoms with E-state index in [1.807, 2.05) is 0 Å². The highest BCUT2D eigenvalue weighted by molar-refractivity contribution is 6.08. The summed E-state index contributed by atoms with van der Waals surface area (Å²) in [6.45, 7) is 5.09. The number of carbonyl (C=O) groups is 3. The van der Waals surface area contributed by atoms with Crippen LogP contribution in [0.15, 0.2) is 42.5 Å². The molecule has 0 N–H and O–H groups in total. The molecule has 2 aliphatic rings. The van der Waals surface area contributed by atoms with Gasteiger partial charge in [-0.15, -0.1) is 0 Å². The molecule has 3 heterocycles. The van der Waals surface area contributed by atoms with Gasteiger partial charge < -0.3 is 19.4 Å². The van der Waals surface area contributed by atoms with Crippen LogP contribution in [0.4, 0.5) is 18.9 Å². The zero-order valence-corrected chi connectivity index (χ0v) is 24.8. The monoisotopic (exact) mass is 597 g/mol. The summed E-state index contributed by atoms with van der Waals surface area (Å²) >= 11 is 0. The van der Waals surface area contributed by atoms with Crippen molar-refractivity contribution in [1.82, 2.24) is 19.6 Å². The Labute approximate surface area is 247 Å². The van der Waals surface area contributed by atoms with Crippen LogP contribution >= 0.6 is 0 Å². The molecule has 3 amide bonds. The van der Waals surface area contributed by atoms with E-state index in [2.05, 4.69) is 18.9 Å². The second-order valence-corrected chi connectivity index (χ2v) is 11.9. The first-order valence-electron chi connectivity index (χ1n) is 14.0. The van der Waals surface area contributed by atoms with Crippen molar-refractivity contribution in [2.24, 2.45) is 5.41 Å². The van der Waals surface area contributed by atoms with Crippen molar-refractivity contribution >= 4 is 23.4 Å². The van der Waals surface area contributed by atoms with Crippen LogP contribution in [0.5, 0.6) is 5.75 Å². The number of methoxy groups -OCH3 is 1. The molecule has 0 unspecified atom stereocenters. The summed E-state index contributed by atoms with van der Waals surface area (Å²) in [5, 5.41) is 3.92. The van der Waals surface area contributed by atoms with Gasteiger partial charge in [-0.25, -0.2) is 4.68 Å². The highest BCUT2D eigenvalue weighted by Gasteiger charge is 2.44. The maximum Gasteiger partial charge on any atom is 0.435 e. The summed E-state index contributed by atoms with van der Waals surface area (Å²) in [7, 11) is 4.68. The molecule has 228 valence electrons. The molecule has 0 radical (unpaired) electrons. The molecule has 1 saturated heterocycles. The Balaban J connectivity index is 1.62. The SMILES string of the molecule is COc1ccc(-n2nc(C(F)(F)F)c3c2C(=O)N(c2ccc(C(=O)N(C)C)cc2)CC3)c(C(=O)N2CCCC(C)(C)C2)c1. The first-order chi connectivity index (χ1) is 20.2. The van der Waals surface area contributed by atoms with Gasteiger partial charge in [0, 0.05) is 50.5 Å². The normalized spacial score (nSPS) is 16.6. The largest absolute Gasteiger partial charge is 0.497 e. The first-order valence-corrected chi connectivity index (χ1v) is 14.0. The Bertz CT molecular complexity index is 1580. The van der Waals surface area contributed by atoms with Crippen LogP contribution in [0.3, 0.4) is 0 Å². The van der Waals surface area contributed by atoms with Crippen LogP contribution in [-0.4, -0.2) is 78.1 Å². The number of amides is 3. The number of ether oxygens (including phenoxy) is 1. The highest BCUT2D eigenvalue weighted by Crippen LogP contribution is 2.38. The number of carbonyl (C=O) groups excluding carboxylic acids is 3. The number of aromatic nitrogens is 2. The second-order valence-electron chi connectivity index (χ2n) is 11.9. The minimum atomic E-state index is -4.82. The molecule has 0 aliphatic carbocycles. The van der Waals surface area contributed by atoms with E-state index in [-0.39, 0.29) is 52.7 Å². The third-order valence-corrected chi connectivity index (χ3v) is 7.97. The fraction of sp³-hybridized carbons (Fsp3) is 0.419. The van der Waals surface area contributed by atoms with Crippen LogP contribution in [0.25, 0.3) is 5.69 Å². The van der Waals surface area contributed by atoms with Crippen LogP contribution in [0.2, 0.25) is 0 Å². The minimum absolute atomic E-state index is 0.0150. The van der Waals surface area contributed by atoms with Gasteiger partial charge in [0.2, 0.25) is 0 Å². The lowest BCUT2D eigenvalue weighted by Crippen LogP contribution is -2.44. The van der Waals surface area contributed by atoms with E-state index < -0.39 is 17.8 Å². The van der Waals surface area contributed by atoms with Crippen molar-refractivity contribution < 1.29 is 32.3 Å². The van der Waals surface area contributed by atoms with Gasteiger partial charge in [0.15, 0.2) is 5.69 Å². The Hall–Kier alpha value is -4.35. The average Bonchev–Trinajstić information content (AvgIpc) is 3.37. The number of hydrogen-bond donors (Lipinski definition) is 0. The Kier molecular flexibility index (Phi) is 7.74. The van der Waals surface area contributed by atoms with Crippen LogP contribution in [0.1, 0.15) is 69.2 Å². The maximum atomic E-state index is 14.3. The molecule has 3 aromatic rings. The van der Waals surface area contributed by atoms with Crippen molar-refractivity contribution in [3.05, 3.63) is 70.5 Å². The van der Waals surface area contributed by atoms with E-state index in [4.69, 9.17) is 4.74 Å². The summed E-state index contributed by atoms with van der Waals surface area (Å²) in [4.78, 5) is 44.7. The fourth-order valence-corrected chi connectivity index (χ4v) is 5.82. The molecule has 2 aromatic carbocycles. The first kappa shape index (κ1) is 30.1. The third kappa shape index (κ3) is 5.70. The Morgan fingerprint density at radius 1 is 1.05 bits per heavy atom. The predicted octanol–water partition coefficient (Wildman–Crippen LogP) is 5.07. The maximum absolute atomic E-state index is 14.3. The molecule has 1 aromatic heterocycles. The molecule has 1 fully saturated rings. The number of halogens is 3. The van der Waals surface area contributed by atoms with Gasteiger partial charge in [-0.05, 0) is 67.1 Å². The molecule has 0 atom stereocenters. The number of rotatable bonds is 5. The number of benzene rings is 2. The van der Waals surface area contributed by atoms with Crippen molar-refractivity contribution in [2.45, 2.75) is 39.3 Å². The number of anilines is 1. The lowest BCUT2D eigenvalue weighted by Gasteiger charge is -2.38. The van der Waals surface area contributed by atoms with Gasteiger partial charge in [0.1, 0.15) is 11.4 Å². The lowest BCUT2D eigenvalue weighted by molar-refractivity contribution is -0.141. The van der Waals surface area contributed by atoms with E-state index in [0.717, 1.165) is 17.5 Å². The zero-order chi connectivity index (χ0) is 31.3. The van der Waals surface area contributed by atoms with E-state index in [9.17, 15) is 27.6 Å². The van der Waals surface area contributed by atoms with Crippen LogP contribution < -0.4 is 9.64 Å². The van der Waals surface area contributed by atoms with E-state index in [1.54, 1.807) is 43.3 Å². The quantitative estimate of drug-likeness (QED) is 0.410. The Morgan fingerprint density at radius 3 is 2.35 bits per heavy atom. The number of nitrogens with zero attached hydrogens (tertiary/aromatic N) is 5. The van der Waals surface area contributed by atoms with Crippen molar-refractivity contribution in [2.75, 3.05) is 45.7 Å². The van der Waals surface area contributed by atoms with Gasteiger partial charge in [0.25, 0.3) is 17.7 Å². The van der Waals surface area contributed by atoms with E-state index in [1.165, 1.54) is 35.1 Å². The van der Waals surface area contributed by atoms with Gasteiger partial charge in [-0.1, -0.05) is 13.8 Å². The number of alkyl halides is 3. The molecule has 0 bridgehead atoms. The predicted molar refractivity (Wildman–Crippen MR) is 154 cm³/mol. The molecular weight excluding hydrogens is 563 g/mol. The third-order valence-electron chi connectivity index (χ3n) is 7.97. The minimum Gasteiger partial charge on any atom is -0.497 e. The molecular formula is C31H34F3N5O4. The van der Waals surface area contributed by atoms with E-state index in [0.29, 0.717) is 30.1 Å². The molecule has 0 spiro atoms. The number of piperidine rings is 1. The van der Waals surface area contributed by atoms with Gasteiger partial charge in [-0.2, -0.15) is 18.3 Å². The molecule has 12 heteroatoms. The Morgan fingerprint density at radius 2 is 1.74 bits per heavy atom. The molecule has 9 nitrogen and oxygen atoms in total. The summed E-state index contributed by atoms with van der Waals surface area (Å²) in [5.74, 6) is -0.939. The highest BCUT2D eigenvalue weighted by atomic mass is 19.4. The summed E-state index contributed by atoms with van der Waals surface area (Å²) < 4.78 is 49.1. The average molecular weight is 598 g/mol. The standard InChI is InChI=1S/C31H34F3N5O4/c1-30(2)14-6-15-37(18-30)28(41)23-17-21(43-5)11-12-24(23)39-25-22(26(35-39)31(32,33)34)13-16-38(29(25)42)20-9-7-19(8-10-20)27(40)36(3)4/h7-12,17H,6,13-16,18H2,1-5H3. The molecule has 5 rings (SSSR count). The van der Waals surface area contributed by atoms with Gasteiger partial charge in [0.05, 0.1) is 18.4 Å². The van der Waals surface area contributed by atoms with E-state index >= 15 is 0 Å².